The molecule has 0 saturated carbocycles. The minimum Gasteiger partial charge on any atom is -0.462 e. The van der Waals surface area contributed by atoms with E-state index in [1.54, 1.807) is 45.0 Å². The summed E-state index contributed by atoms with van der Waals surface area (Å²) in [4.78, 5) is 51.4. The monoisotopic (exact) mass is 485 g/mol. The van der Waals surface area contributed by atoms with Crippen molar-refractivity contribution < 1.29 is 23.9 Å². The van der Waals surface area contributed by atoms with Gasteiger partial charge in [0.2, 0.25) is 0 Å². The van der Waals surface area contributed by atoms with Gasteiger partial charge in [0, 0.05) is 10.3 Å². The minimum absolute atomic E-state index is 0.0517. The highest BCUT2D eigenvalue weighted by Crippen LogP contribution is 2.34. The molecule has 0 saturated heterocycles. The molecular weight excluding hydrogens is 458 g/mol. The molecule has 2 heterocycles. The van der Waals surface area contributed by atoms with E-state index in [1.807, 2.05) is 13.8 Å². The van der Waals surface area contributed by atoms with Crippen LogP contribution >= 0.6 is 11.3 Å². The van der Waals surface area contributed by atoms with Gasteiger partial charge in [-0.15, -0.1) is 11.3 Å². The molecule has 0 aliphatic heterocycles. The molecule has 2 aromatic heterocycles. The van der Waals surface area contributed by atoms with Gasteiger partial charge in [-0.1, -0.05) is 25.1 Å². The van der Waals surface area contributed by atoms with E-state index in [4.69, 9.17) is 9.47 Å². The largest absolute Gasteiger partial charge is 0.462 e. The van der Waals surface area contributed by atoms with E-state index < -0.39 is 24.5 Å². The topological polar surface area (TPSA) is 117 Å². The molecule has 0 aliphatic rings. The van der Waals surface area contributed by atoms with Crippen molar-refractivity contribution in [2.45, 2.75) is 47.1 Å². The first-order valence-corrected chi connectivity index (χ1v) is 11.8. The molecule has 0 unspecified atom stereocenters. The molecule has 0 bridgehead atoms. The molecular formula is C24H27N3O6S. The molecule has 1 amide bonds. The number of amides is 1. The lowest BCUT2D eigenvalue weighted by molar-refractivity contribution is -0.119. The van der Waals surface area contributed by atoms with E-state index in [1.165, 1.54) is 16.0 Å². The van der Waals surface area contributed by atoms with Crippen molar-refractivity contribution >= 4 is 45.0 Å². The molecule has 0 spiro atoms. The first-order valence-electron chi connectivity index (χ1n) is 11.0. The summed E-state index contributed by atoms with van der Waals surface area (Å²) < 4.78 is 11.6. The summed E-state index contributed by atoms with van der Waals surface area (Å²) in [6.45, 7) is 8.67. The first-order chi connectivity index (χ1) is 16.2. The lowest BCUT2D eigenvalue weighted by Gasteiger charge is -2.13. The van der Waals surface area contributed by atoms with Crippen molar-refractivity contribution in [3.63, 3.8) is 0 Å². The summed E-state index contributed by atoms with van der Waals surface area (Å²) in [5.41, 5.74) is 0.765. The summed E-state index contributed by atoms with van der Waals surface area (Å²) in [5.74, 6) is -1.95. The van der Waals surface area contributed by atoms with Crippen molar-refractivity contribution in [3.8, 4) is 0 Å². The third kappa shape index (κ3) is 5.01. The van der Waals surface area contributed by atoms with Crippen LogP contribution in [0.3, 0.4) is 0 Å². The van der Waals surface area contributed by atoms with E-state index in [2.05, 4.69) is 10.4 Å². The van der Waals surface area contributed by atoms with Crippen molar-refractivity contribution in [1.29, 1.82) is 0 Å². The summed E-state index contributed by atoms with van der Waals surface area (Å²) in [7, 11) is 0. The molecule has 1 N–H and O–H groups in total. The average molecular weight is 486 g/mol. The molecule has 0 radical (unpaired) electrons. The number of hydrogen-bond acceptors (Lipinski definition) is 8. The Balaban J connectivity index is 1.81. The molecule has 3 aromatic rings. The van der Waals surface area contributed by atoms with Crippen LogP contribution in [0, 0.1) is 6.92 Å². The maximum atomic E-state index is 12.8. The average Bonchev–Trinajstić information content (AvgIpc) is 3.12. The zero-order valence-corrected chi connectivity index (χ0v) is 20.6. The van der Waals surface area contributed by atoms with Crippen LogP contribution < -0.4 is 10.9 Å². The van der Waals surface area contributed by atoms with E-state index >= 15 is 0 Å². The van der Waals surface area contributed by atoms with E-state index in [9.17, 15) is 19.2 Å². The number of rotatable bonds is 8. The summed E-state index contributed by atoms with van der Waals surface area (Å²) in [6.07, 6.45) is 0.603. The predicted molar refractivity (Wildman–Crippen MR) is 130 cm³/mol. The number of carbonyl (C=O) groups excluding carboxylic acids is 3. The number of nitrogens with zero attached hydrogens (tertiary/aromatic N) is 2. The maximum absolute atomic E-state index is 12.8. The molecule has 0 fully saturated rings. The van der Waals surface area contributed by atoms with Gasteiger partial charge in [0.15, 0.2) is 12.3 Å². The van der Waals surface area contributed by atoms with Crippen molar-refractivity contribution in [3.05, 3.63) is 56.3 Å². The lowest BCUT2D eigenvalue weighted by Crippen LogP contribution is -2.29. The van der Waals surface area contributed by atoms with Gasteiger partial charge in [-0.05, 0) is 45.7 Å². The second-order valence-electron chi connectivity index (χ2n) is 7.78. The quantitative estimate of drug-likeness (QED) is 0.481. The Labute approximate surface area is 200 Å². The minimum atomic E-state index is -0.831. The van der Waals surface area contributed by atoms with Gasteiger partial charge in [-0.2, -0.15) is 5.10 Å². The van der Waals surface area contributed by atoms with Gasteiger partial charge in [-0.25, -0.2) is 14.3 Å². The van der Waals surface area contributed by atoms with Crippen molar-refractivity contribution in [2.75, 3.05) is 18.5 Å². The molecule has 10 heteroatoms. The Bertz CT molecular complexity index is 1310. The Morgan fingerprint density at radius 1 is 1.09 bits per heavy atom. The molecule has 34 heavy (non-hydrogen) atoms. The third-order valence-corrected chi connectivity index (χ3v) is 6.20. The van der Waals surface area contributed by atoms with Gasteiger partial charge >= 0.3 is 11.9 Å². The Kier molecular flexibility index (Phi) is 7.83. The van der Waals surface area contributed by atoms with E-state index in [0.29, 0.717) is 27.8 Å². The molecule has 180 valence electrons. The number of ether oxygens (including phenoxy) is 2. The second-order valence-corrected chi connectivity index (χ2v) is 9.00. The number of aromatic nitrogens is 2. The van der Waals surface area contributed by atoms with Crippen LogP contribution in [-0.2, 0) is 20.7 Å². The van der Waals surface area contributed by atoms with Crippen molar-refractivity contribution in [2.24, 2.45) is 0 Å². The Morgan fingerprint density at radius 2 is 1.76 bits per heavy atom. The van der Waals surface area contributed by atoms with Crippen LogP contribution in [0.5, 0.6) is 0 Å². The number of carbonyl (C=O) groups is 3. The number of thiophene rings is 1. The van der Waals surface area contributed by atoms with Crippen LogP contribution in [0.25, 0.3) is 10.8 Å². The summed E-state index contributed by atoms with van der Waals surface area (Å²) in [5, 5.41) is 7.87. The number of fused-ring (bicyclic) bond motifs is 1. The van der Waals surface area contributed by atoms with Gasteiger partial charge in [0.25, 0.3) is 11.5 Å². The highest BCUT2D eigenvalue weighted by molar-refractivity contribution is 7.16. The zero-order chi connectivity index (χ0) is 25.0. The van der Waals surface area contributed by atoms with Gasteiger partial charge < -0.3 is 14.8 Å². The van der Waals surface area contributed by atoms with Crippen LogP contribution in [0.15, 0.2) is 29.1 Å². The number of esters is 2. The standard InChI is InChI=1S/C24H27N3O6S/c1-6-15-14(5)34-21(19(15)23(30)32-7-2)25-18(28)12-33-24(31)20-16-10-8-9-11-17(16)22(29)27(26-20)13(3)4/h8-11,13H,6-7,12H2,1-5H3,(H,25,28). The van der Waals surface area contributed by atoms with Gasteiger partial charge in [0.1, 0.15) is 5.00 Å². The normalized spacial score (nSPS) is 11.0. The SMILES string of the molecule is CCOC(=O)c1c(NC(=O)COC(=O)c2nn(C(C)C)c(=O)c3ccccc23)sc(C)c1CC. The smallest absolute Gasteiger partial charge is 0.359 e. The maximum Gasteiger partial charge on any atom is 0.359 e. The van der Waals surface area contributed by atoms with Crippen LogP contribution in [0.2, 0.25) is 0 Å². The first kappa shape index (κ1) is 25.1. The molecule has 0 aliphatic carbocycles. The molecule has 1 aromatic carbocycles. The highest BCUT2D eigenvalue weighted by Gasteiger charge is 2.24. The molecule has 3 rings (SSSR count). The number of nitrogens with one attached hydrogen (secondary N) is 1. The third-order valence-electron chi connectivity index (χ3n) is 5.14. The van der Waals surface area contributed by atoms with Crippen molar-refractivity contribution in [1.82, 2.24) is 9.78 Å². The fourth-order valence-electron chi connectivity index (χ4n) is 3.58. The Hall–Kier alpha value is -3.53. The number of anilines is 1. The number of aryl methyl sites for hydroxylation is 1. The Morgan fingerprint density at radius 3 is 2.38 bits per heavy atom. The molecule has 0 atom stereocenters. The predicted octanol–water partition coefficient (Wildman–Crippen LogP) is 3.88. The van der Waals surface area contributed by atoms with Crippen LogP contribution in [0.4, 0.5) is 5.00 Å². The van der Waals surface area contributed by atoms with E-state index in [-0.39, 0.29) is 23.9 Å². The number of hydrogen-bond donors (Lipinski definition) is 1. The van der Waals surface area contributed by atoms with Crippen LogP contribution in [-0.4, -0.2) is 40.8 Å². The fourth-order valence-corrected chi connectivity index (χ4v) is 4.73. The summed E-state index contributed by atoms with van der Waals surface area (Å²) >= 11 is 1.26. The highest BCUT2D eigenvalue weighted by atomic mass is 32.1. The summed E-state index contributed by atoms with van der Waals surface area (Å²) in [6, 6.07) is 6.34. The number of benzene rings is 1. The fraction of sp³-hybridized carbons (Fsp3) is 0.375. The molecule has 9 nitrogen and oxygen atoms in total. The van der Waals surface area contributed by atoms with Crippen LogP contribution in [0.1, 0.15) is 65.0 Å². The van der Waals surface area contributed by atoms with Gasteiger partial charge in [-0.3, -0.25) is 9.59 Å². The van der Waals surface area contributed by atoms with Gasteiger partial charge in [0.05, 0.1) is 23.6 Å². The second kappa shape index (κ2) is 10.6. The lowest BCUT2D eigenvalue weighted by atomic mass is 10.1. The van der Waals surface area contributed by atoms with E-state index in [0.717, 1.165) is 10.4 Å². The zero-order valence-electron chi connectivity index (χ0n) is 19.8.